The average molecular weight is 316 g/mol. The quantitative estimate of drug-likeness (QED) is 0.493. The summed E-state index contributed by atoms with van der Waals surface area (Å²) in [5, 5.41) is 9.27. The van der Waals surface area contributed by atoms with Crippen LogP contribution in [-0.4, -0.2) is 44.9 Å². The van der Waals surface area contributed by atoms with E-state index >= 15 is 0 Å². The predicted octanol–water partition coefficient (Wildman–Crippen LogP) is 2.49. The smallest absolute Gasteiger partial charge is 0.254 e. The van der Waals surface area contributed by atoms with E-state index in [4.69, 9.17) is 16.9 Å². The summed E-state index contributed by atoms with van der Waals surface area (Å²) in [5.41, 5.74) is 1.98. The van der Waals surface area contributed by atoms with Gasteiger partial charge in [0.2, 0.25) is 0 Å². The summed E-state index contributed by atoms with van der Waals surface area (Å²) in [5.74, 6) is 0.291. The van der Waals surface area contributed by atoms with Gasteiger partial charge < -0.3 is 9.47 Å². The van der Waals surface area contributed by atoms with Crippen LogP contribution in [0.3, 0.4) is 0 Å². The highest BCUT2D eigenvalue weighted by molar-refractivity contribution is 6.33. The molecule has 0 aliphatic heterocycles. The molecule has 0 fully saturated rings. The number of hydrogen-bond acceptors (Lipinski definition) is 5. The second-order valence-electron chi connectivity index (χ2n) is 5.28. The molecule has 0 amide bonds. The monoisotopic (exact) mass is 315 g/mol. The SMILES string of the molecule is CN(C)/C=N/c1nc(Cl)c2ncn([C@H]3CC=C(C#N)C3)c2n1. The highest BCUT2D eigenvalue weighted by Gasteiger charge is 2.22. The summed E-state index contributed by atoms with van der Waals surface area (Å²) in [6.45, 7) is 0. The first-order valence-corrected chi connectivity index (χ1v) is 7.16. The van der Waals surface area contributed by atoms with Gasteiger partial charge >= 0.3 is 0 Å². The van der Waals surface area contributed by atoms with Gasteiger partial charge in [-0.15, -0.1) is 0 Å². The van der Waals surface area contributed by atoms with Gasteiger partial charge in [-0.3, -0.25) is 0 Å². The lowest BCUT2D eigenvalue weighted by molar-refractivity contribution is 0.543. The number of nitriles is 1. The van der Waals surface area contributed by atoms with Crippen LogP contribution in [0.15, 0.2) is 23.0 Å². The summed E-state index contributed by atoms with van der Waals surface area (Å²) in [6.07, 6.45) is 6.73. The molecule has 8 heteroatoms. The molecule has 0 saturated carbocycles. The van der Waals surface area contributed by atoms with Crippen LogP contribution in [0.5, 0.6) is 0 Å². The Balaban J connectivity index is 2.01. The molecule has 1 aliphatic rings. The molecule has 0 bridgehead atoms. The number of rotatable bonds is 3. The van der Waals surface area contributed by atoms with Crippen LogP contribution in [0.1, 0.15) is 18.9 Å². The van der Waals surface area contributed by atoms with Crippen LogP contribution < -0.4 is 0 Å². The fourth-order valence-corrected chi connectivity index (χ4v) is 2.57. The molecule has 2 heterocycles. The van der Waals surface area contributed by atoms with E-state index in [1.807, 2.05) is 24.7 Å². The molecule has 1 aliphatic carbocycles. The van der Waals surface area contributed by atoms with E-state index in [9.17, 15) is 0 Å². The summed E-state index contributed by atoms with van der Waals surface area (Å²) >= 11 is 6.17. The molecular weight excluding hydrogens is 302 g/mol. The Bertz CT molecular complexity index is 812. The van der Waals surface area contributed by atoms with Crippen molar-refractivity contribution in [2.24, 2.45) is 4.99 Å². The van der Waals surface area contributed by atoms with Crippen LogP contribution in [0.25, 0.3) is 11.2 Å². The average Bonchev–Trinajstić information content (AvgIpc) is 3.11. The Morgan fingerprint density at radius 2 is 2.32 bits per heavy atom. The number of allylic oxidation sites excluding steroid dienone is 2. The van der Waals surface area contributed by atoms with Gasteiger partial charge in [-0.05, 0) is 6.42 Å². The zero-order chi connectivity index (χ0) is 15.7. The lowest BCUT2D eigenvalue weighted by Crippen LogP contribution is -2.08. The lowest BCUT2D eigenvalue weighted by atomic mass is 10.2. The molecule has 2 aromatic rings. The number of aromatic nitrogens is 4. The number of hydrogen-bond donors (Lipinski definition) is 0. The zero-order valence-corrected chi connectivity index (χ0v) is 13.0. The van der Waals surface area contributed by atoms with Gasteiger partial charge in [0.05, 0.1) is 18.7 Å². The first-order chi connectivity index (χ1) is 10.6. The van der Waals surface area contributed by atoms with Gasteiger partial charge in [0.25, 0.3) is 5.95 Å². The Kier molecular flexibility index (Phi) is 3.77. The molecule has 0 radical (unpaired) electrons. The van der Waals surface area contributed by atoms with Crippen molar-refractivity contribution in [3.05, 3.63) is 23.1 Å². The number of fused-ring (bicyclic) bond motifs is 1. The van der Waals surface area contributed by atoms with Gasteiger partial charge in [0.1, 0.15) is 5.52 Å². The molecule has 0 N–H and O–H groups in total. The summed E-state index contributed by atoms with van der Waals surface area (Å²) in [6, 6.07) is 2.33. The minimum atomic E-state index is 0.135. The Morgan fingerprint density at radius 3 is 3.00 bits per heavy atom. The van der Waals surface area contributed by atoms with E-state index in [1.54, 1.807) is 17.6 Å². The van der Waals surface area contributed by atoms with Crippen molar-refractivity contribution in [3.63, 3.8) is 0 Å². The number of imidazole rings is 1. The van der Waals surface area contributed by atoms with E-state index in [2.05, 4.69) is 26.0 Å². The predicted molar refractivity (Wildman–Crippen MR) is 84.1 cm³/mol. The fraction of sp³-hybridized carbons (Fsp3) is 0.357. The largest absolute Gasteiger partial charge is 0.369 e. The van der Waals surface area contributed by atoms with Gasteiger partial charge in [-0.2, -0.15) is 15.2 Å². The maximum absolute atomic E-state index is 8.99. The van der Waals surface area contributed by atoms with E-state index in [-0.39, 0.29) is 11.2 Å². The molecule has 0 spiro atoms. The first-order valence-electron chi connectivity index (χ1n) is 6.78. The molecule has 3 rings (SSSR count). The van der Waals surface area contributed by atoms with Crippen molar-refractivity contribution in [2.75, 3.05) is 14.1 Å². The molecule has 1 atom stereocenters. The van der Waals surface area contributed by atoms with Crippen LogP contribution in [0.2, 0.25) is 5.15 Å². The molecular formula is C14H14ClN7. The third-order valence-corrected chi connectivity index (χ3v) is 3.66. The van der Waals surface area contributed by atoms with Crippen LogP contribution in [-0.2, 0) is 0 Å². The third kappa shape index (κ3) is 2.65. The Labute approximate surface area is 132 Å². The zero-order valence-electron chi connectivity index (χ0n) is 12.2. The Hall–Kier alpha value is -2.46. The fourth-order valence-electron chi connectivity index (χ4n) is 2.37. The van der Waals surface area contributed by atoms with Crippen LogP contribution >= 0.6 is 11.6 Å². The van der Waals surface area contributed by atoms with E-state index < -0.39 is 0 Å². The minimum absolute atomic E-state index is 0.135. The maximum atomic E-state index is 8.99. The van der Waals surface area contributed by atoms with E-state index in [0.717, 1.165) is 12.0 Å². The van der Waals surface area contributed by atoms with Crippen LogP contribution in [0.4, 0.5) is 5.95 Å². The molecule has 0 aromatic carbocycles. The van der Waals surface area contributed by atoms with Crippen molar-refractivity contribution in [3.8, 4) is 6.07 Å². The topological polar surface area (TPSA) is 83.0 Å². The second-order valence-corrected chi connectivity index (χ2v) is 5.64. The third-order valence-electron chi connectivity index (χ3n) is 3.40. The van der Waals surface area contributed by atoms with E-state index in [1.165, 1.54) is 0 Å². The van der Waals surface area contributed by atoms with Gasteiger partial charge in [-0.25, -0.2) is 9.98 Å². The standard InChI is InChI=1S/C14H14ClN7/c1-21(2)7-18-14-19-12(15)11-13(20-14)22(8-17-11)10-4-3-9(5-10)6-16/h3,7-8,10H,4-5H2,1-2H3/b18-7+/t10-/m0/s1. The Morgan fingerprint density at radius 1 is 1.50 bits per heavy atom. The van der Waals surface area contributed by atoms with Crippen molar-refractivity contribution >= 4 is 35.1 Å². The highest BCUT2D eigenvalue weighted by Crippen LogP contribution is 2.32. The summed E-state index contributed by atoms with van der Waals surface area (Å²) < 4.78 is 1.94. The van der Waals surface area contributed by atoms with Crippen molar-refractivity contribution < 1.29 is 0 Å². The van der Waals surface area contributed by atoms with Gasteiger partial charge in [-0.1, -0.05) is 17.7 Å². The molecule has 22 heavy (non-hydrogen) atoms. The number of nitrogens with zero attached hydrogens (tertiary/aromatic N) is 7. The van der Waals surface area contributed by atoms with Crippen molar-refractivity contribution in [2.45, 2.75) is 18.9 Å². The molecule has 112 valence electrons. The summed E-state index contributed by atoms with van der Waals surface area (Å²) in [7, 11) is 3.73. The van der Waals surface area contributed by atoms with Crippen molar-refractivity contribution in [1.82, 2.24) is 24.4 Å². The van der Waals surface area contributed by atoms with Gasteiger partial charge in [0.15, 0.2) is 10.8 Å². The maximum Gasteiger partial charge on any atom is 0.254 e. The second kappa shape index (κ2) is 5.73. The molecule has 0 saturated heterocycles. The normalized spacial score (nSPS) is 17.9. The number of aliphatic imine (C=N–C) groups is 1. The van der Waals surface area contributed by atoms with E-state index in [0.29, 0.717) is 23.5 Å². The minimum Gasteiger partial charge on any atom is -0.369 e. The molecule has 0 unspecified atom stereocenters. The highest BCUT2D eigenvalue weighted by atomic mass is 35.5. The van der Waals surface area contributed by atoms with Crippen molar-refractivity contribution in [1.29, 1.82) is 5.26 Å². The molecule has 2 aromatic heterocycles. The van der Waals surface area contributed by atoms with Gasteiger partial charge in [0, 0.05) is 32.1 Å². The van der Waals surface area contributed by atoms with Crippen LogP contribution in [0, 0.1) is 11.3 Å². The summed E-state index contributed by atoms with van der Waals surface area (Å²) in [4.78, 5) is 18.8. The number of halogens is 1. The lowest BCUT2D eigenvalue weighted by Gasteiger charge is -2.12. The first kappa shape index (κ1) is 14.5. The molecule has 7 nitrogen and oxygen atoms in total.